The predicted molar refractivity (Wildman–Crippen MR) is 71.1 cm³/mol. The van der Waals surface area contributed by atoms with Crippen LogP contribution in [0.2, 0.25) is 5.02 Å². The average Bonchev–Trinajstić information content (AvgIpc) is 2.32. The molecule has 18 heavy (non-hydrogen) atoms. The van der Waals surface area contributed by atoms with Crippen molar-refractivity contribution in [1.29, 1.82) is 0 Å². The number of carbonyl (C=O) groups excluding carboxylic acids is 2. The Hall–Kier alpha value is -1.07. The number of carbonyl (C=O) groups is 2. The molecule has 0 aliphatic heterocycles. The van der Waals surface area contributed by atoms with Crippen LogP contribution in [0.4, 0.5) is 0 Å². The highest BCUT2D eigenvalue weighted by Gasteiger charge is 2.18. The van der Waals surface area contributed by atoms with Crippen molar-refractivity contribution >= 4 is 39.5 Å². The maximum atomic E-state index is 11.6. The molecule has 1 aromatic rings. The maximum Gasteiger partial charge on any atom is 0.339 e. The van der Waals surface area contributed by atoms with Crippen LogP contribution in [-0.2, 0) is 9.47 Å². The zero-order chi connectivity index (χ0) is 13.7. The van der Waals surface area contributed by atoms with Gasteiger partial charge < -0.3 is 9.47 Å². The summed E-state index contributed by atoms with van der Waals surface area (Å²) in [6.45, 7) is 3.93. The van der Waals surface area contributed by atoms with Gasteiger partial charge in [-0.05, 0) is 41.9 Å². The molecule has 98 valence electrons. The van der Waals surface area contributed by atoms with Gasteiger partial charge in [0.05, 0.1) is 29.4 Å². The molecule has 0 saturated heterocycles. The Labute approximate surface area is 118 Å². The smallest absolute Gasteiger partial charge is 0.339 e. The Morgan fingerprint density at radius 1 is 1.11 bits per heavy atom. The number of esters is 2. The Morgan fingerprint density at radius 2 is 1.61 bits per heavy atom. The van der Waals surface area contributed by atoms with Gasteiger partial charge in [-0.15, -0.1) is 0 Å². The highest BCUT2D eigenvalue weighted by atomic mass is 79.9. The molecular formula is C12H12BrClO4. The average molecular weight is 336 g/mol. The lowest BCUT2D eigenvalue weighted by molar-refractivity contribution is 0.0510. The van der Waals surface area contributed by atoms with E-state index in [0.717, 1.165) is 0 Å². The quantitative estimate of drug-likeness (QED) is 0.791. The minimum absolute atomic E-state index is 0.153. The second kappa shape index (κ2) is 6.75. The molecule has 0 fully saturated rings. The molecule has 0 radical (unpaired) electrons. The molecule has 4 nitrogen and oxygen atoms in total. The zero-order valence-corrected chi connectivity index (χ0v) is 12.3. The standard InChI is InChI=1S/C12H12BrClO4/c1-3-17-11(15)7-6-10(14)8(5-9(7)13)12(16)18-4-2/h5-6H,3-4H2,1-2H3. The molecule has 0 aliphatic rings. The summed E-state index contributed by atoms with van der Waals surface area (Å²) in [5.74, 6) is -1.03. The fraction of sp³-hybridized carbons (Fsp3) is 0.333. The van der Waals surface area contributed by atoms with Crippen LogP contribution in [-0.4, -0.2) is 25.2 Å². The van der Waals surface area contributed by atoms with Crippen molar-refractivity contribution < 1.29 is 19.1 Å². The van der Waals surface area contributed by atoms with Crippen molar-refractivity contribution in [3.05, 3.63) is 32.8 Å². The first-order valence-corrected chi connectivity index (χ1v) is 6.51. The van der Waals surface area contributed by atoms with Gasteiger partial charge in [0, 0.05) is 4.47 Å². The Bertz CT molecular complexity index is 430. The maximum absolute atomic E-state index is 11.6. The van der Waals surface area contributed by atoms with Gasteiger partial charge in [0.2, 0.25) is 0 Å². The van der Waals surface area contributed by atoms with Crippen LogP contribution in [0, 0.1) is 0 Å². The van der Waals surface area contributed by atoms with Crippen molar-refractivity contribution in [3.8, 4) is 0 Å². The van der Waals surface area contributed by atoms with Gasteiger partial charge in [-0.25, -0.2) is 9.59 Å². The lowest BCUT2D eigenvalue weighted by Crippen LogP contribution is -2.09. The molecule has 0 N–H and O–H groups in total. The second-order valence-electron chi connectivity index (χ2n) is 3.25. The van der Waals surface area contributed by atoms with Gasteiger partial charge in [-0.1, -0.05) is 11.6 Å². The van der Waals surface area contributed by atoms with Crippen molar-refractivity contribution in [1.82, 2.24) is 0 Å². The number of halogens is 2. The number of hydrogen-bond acceptors (Lipinski definition) is 4. The Morgan fingerprint density at radius 3 is 2.11 bits per heavy atom. The van der Waals surface area contributed by atoms with Crippen LogP contribution in [0.1, 0.15) is 34.6 Å². The summed E-state index contributed by atoms with van der Waals surface area (Å²) >= 11 is 9.15. The van der Waals surface area contributed by atoms with E-state index in [0.29, 0.717) is 4.47 Å². The molecule has 0 aliphatic carbocycles. The first kappa shape index (κ1) is 15.0. The molecule has 0 amide bonds. The SMILES string of the molecule is CCOC(=O)c1cc(Br)c(C(=O)OCC)cc1Cl. The molecule has 0 heterocycles. The fourth-order valence-electron chi connectivity index (χ4n) is 1.28. The number of rotatable bonds is 4. The molecule has 0 spiro atoms. The fourth-order valence-corrected chi connectivity index (χ4v) is 2.02. The molecule has 0 unspecified atom stereocenters. The van der Waals surface area contributed by atoms with Crippen molar-refractivity contribution in [2.75, 3.05) is 13.2 Å². The third-order valence-electron chi connectivity index (χ3n) is 2.05. The minimum Gasteiger partial charge on any atom is -0.462 e. The third-order valence-corrected chi connectivity index (χ3v) is 3.02. The summed E-state index contributed by atoms with van der Waals surface area (Å²) in [4.78, 5) is 23.2. The normalized spacial score (nSPS) is 10.0. The molecule has 1 aromatic carbocycles. The summed E-state index contributed by atoms with van der Waals surface area (Å²) in [7, 11) is 0. The van der Waals surface area contributed by atoms with E-state index in [1.165, 1.54) is 12.1 Å². The molecule has 0 aromatic heterocycles. The summed E-state index contributed by atoms with van der Waals surface area (Å²) in [6.07, 6.45) is 0. The largest absolute Gasteiger partial charge is 0.462 e. The van der Waals surface area contributed by atoms with Gasteiger partial charge in [0.25, 0.3) is 0 Å². The summed E-state index contributed by atoms with van der Waals surface area (Å²) in [5, 5.41) is 0.153. The zero-order valence-electron chi connectivity index (χ0n) is 9.96. The third kappa shape index (κ3) is 3.46. The summed E-state index contributed by atoms with van der Waals surface area (Å²) in [5.41, 5.74) is 0.480. The predicted octanol–water partition coefficient (Wildman–Crippen LogP) is 3.46. The monoisotopic (exact) mass is 334 g/mol. The van der Waals surface area contributed by atoms with E-state index < -0.39 is 11.9 Å². The Balaban J connectivity index is 3.11. The van der Waals surface area contributed by atoms with E-state index in [2.05, 4.69) is 15.9 Å². The first-order valence-electron chi connectivity index (χ1n) is 5.34. The highest BCUT2D eigenvalue weighted by molar-refractivity contribution is 9.10. The summed E-state index contributed by atoms with van der Waals surface area (Å²) in [6, 6.07) is 2.84. The van der Waals surface area contributed by atoms with Crippen LogP contribution in [0.25, 0.3) is 0 Å². The topological polar surface area (TPSA) is 52.6 Å². The van der Waals surface area contributed by atoms with E-state index in [9.17, 15) is 9.59 Å². The molecule has 0 atom stereocenters. The van der Waals surface area contributed by atoms with Gasteiger partial charge >= 0.3 is 11.9 Å². The van der Waals surface area contributed by atoms with E-state index >= 15 is 0 Å². The van der Waals surface area contributed by atoms with Crippen LogP contribution < -0.4 is 0 Å². The van der Waals surface area contributed by atoms with Crippen LogP contribution in [0.5, 0.6) is 0 Å². The highest BCUT2D eigenvalue weighted by Crippen LogP contribution is 2.27. The number of ether oxygens (including phenoxy) is 2. The summed E-state index contributed by atoms with van der Waals surface area (Å²) < 4.78 is 10.2. The van der Waals surface area contributed by atoms with Gasteiger partial charge in [-0.3, -0.25) is 0 Å². The van der Waals surface area contributed by atoms with Gasteiger partial charge in [0.15, 0.2) is 0 Å². The van der Waals surface area contributed by atoms with E-state index in [-0.39, 0.29) is 29.4 Å². The lowest BCUT2D eigenvalue weighted by atomic mass is 10.1. The van der Waals surface area contributed by atoms with Crippen LogP contribution in [0.15, 0.2) is 16.6 Å². The van der Waals surface area contributed by atoms with E-state index in [4.69, 9.17) is 21.1 Å². The second-order valence-corrected chi connectivity index (χ2v) is 4.51. The molecule has 0 bridgehead atoms. The number of hydrogen-bond donors (Lipinski definition) is 0. The van der Waals surface area contributed by atoms with Crippen LogP contribution >= 0.6 is 27.5 Å². The minimum atomic E-state index is -0.529. The van der Waals surface area contributed by atoms with Crippen molar-refractivity contribution in [3.63, 3.8) is 0 Å². The van der Waals surface area contributed by atoms with Crippen molar-refractivity contribution in [2.45, 2.75) is 13.8 Å². The van der Waals surface area contributed by atoms with Crippen LogP contribution in [0.3, 0.4) is 0 Å². The molecule has 0 saturated carbocycles. The molecule has 6 heteroatoms. The van der Waals surface area contributed by atoms with Gasteiger partial charge in [-0.2, -0.15) is 0 Å². The van der Waals surface area contributed by atoms with Gasteiger partial charge in [0.1, 0.15) is 0 Å². The number of benzene rings is 1. The first-order chi connectivity index (χ1) is 8.51. The van der Waals surface area contributed by atoms with Crippen molar-refractivity contribution in [2.24, 2.45) is 0 Å². The van der Waals surface area contributed by atoms with E-state index in [1.54, 1.807) is 13.8 Å². The molecular weight excluding hydrogens is 323 g/mol. The Kier molecular flexibility index (Phi) is 5.62. The van der Waals surface area contributed by atoms with E-state index in [1.807, 2.05) is 0 Å². The lowest BCUT2D eigenvalue weighted by Gasteiger charge is -2.08. The molecule has 1 rings (SSSR count).